The van der Waals surface area contributed by atoms with Gasteiger partial charge in [0, 0.05) is 17.7 Å². The molecule has 1 fully saturated rings. The number of nitrogens with zero attached hydrogens (tertiary/aromatic N) is 2. The maximum atomic E-state index is 14.3. The monoisotopic (exact) mass is 545 g/mol. The molecule has 0 unspecified atom stereocenters. The molecule has 8 rings (SSSR count). The molecule has 1 N–H and O–H groups in total. The highest BCUT2D eigenvalue weighted by atomic mass is 19.1. The van der Waals surface area contributed by atoms with Gasteiger partial charge >= 0.3 is 0 Å². The number of anilines is 1. The van der Waals surface area contributed by atoms with E-state index in [4.69, 9.17) is 4.74 Å². The first-order chi connectivity index (χ1) is 20.0. The Hall–Kier alpha value is -5.11. The summed E-state index contributed by atoms with van der Waals surface area (Å²) < 4.78 is 19.0. The quantitative estimate of drug-likeness (QED) is 0.222. The van der Waals surface area contributed by atoms with Gasteiger partial charge in [0.05, 0.1) is 30.0 Å². The second-order valence-corrected chi connectivity index (χ2v) is 10.4. The van der Waals surface area contributed by atoms with Crippen LogP contribution in [0.1, 0.15) is 38.5 Å². The molecule has 7 nitrogen and oxygen atoms in total. The highest BCUT2D eigenvalue weighted by Crippen LogP contribution is 2.63. The minimum absolute atomic E-state index is 0.321. The maximum Gasteiger partial charge on any atom is 0.271 e. The summed E-state index contributed by atoms with van der Waals surface area (Å²) in [5, 5.41) is 4.42. The van der Waals surface area contributed by atoms with Crippen LogP contribution >= 0.6 is 0 Å². The molecule has 4 aromatic carbocycles. The van der Waals surface area contributed by atoms with E-state index in [1.165, 1.54) is 36.3 Å². The number of amides is 3. The van der Waals surface area contributed by atoms with Crippen molar-refractivity contribution >= 4 is 29.6 Å². The molecule has 3 aliphatic carbocycles. The minimum Gasteiger partial charge on any atom is -0.497 e. The molecule has 4 aliphatic rings. The summed E-state index contributed by atoms with van der Waals surface area (Å²) in [6, 6.07) is 27.6. The van der Waals surface area contributed by atoms with E-state index in [1.54, 1.807) is 30.5 Å². The fourth-order valence-corrected chi connectivity index (χ4v) is 6.92. The Bertz CT molecular complexity index is 1720. The number of benzene rings is 4. The SMILES string of the molecule is COc1cccc(C(=O)N/N=C\C23c4ccccc4C(c4ccccc42)[C@H]2C(=O)N(c4ccc(F)cc4)C(=O)[C@@H]23)c1. The molecule has 1 heterocycles. The highest BCUT2D eigenvalue weighted by Gasteiger charge is 2.68. The van der Waals surface area contributed by atoms with Crippen LogP contribution in [0.5, 0.6) is 5.75 Å². The lowest BCUT2D eigenvalue weighted by atomic mass is 9.47. The topological polar surface area (TPSA) is 88.1 Å². The first-order valence-electron chi connectivity index (χ1n) is 13.3. The zero-order valence-corrected chi connectivity index (χ0v) is 22.0. The van der Waals surface area contributed by atoms with E-state index in [1.807, 2.05) is 48.5 Å². The van der Waals surface area contributed by atoms with Crippen LogP contribution in [-0.4, -0.2) is 31.0 Å². The number of carbonyl (C=O) groups excluding carboxylic acids is 3. The third-order valence-corrected chi connectivity index (χ3v) is 8.53. The number of halogens is 1. The van der Waals surface area contributed by atoms with Gasteiger partial charge in [-0.25, -0.2) is 14.7 Å². The predicted octanol–water partition coefficient (Wildman–Crippen LogP) is 4.80. The zero-order valence-electron chi connectivity index (χ0n) is 22.0. The van der Waals surface area contributed by atoms with Crippen molar-refractivity contribution in [1.82, 2.24) is 5.43 Å². The third kappa shape index (κ3) is 3.50. The Morgan fingerprint density at radius 3 is 2.22 bits per heavy atom. The van der Waals surface area contributed by atoms with E-state index in [0.717, 1.165) is 22.3 Å². The Kier molecular flexibility index (Phi) is 5.61. The molecule has 41 heavy (non-hydrogen) atoms. The number of rotatable bonds is 5. The summed E-state index contributed by atoms with van der Waals surface area (Å²) in [7, 11) is 1.52. The lowest BCUT2D eigenvalue weighted by Gasteiger charge is -2.52. The number of methoxy groups -OCH3 is 1. The molecule has 8 heteroatoms. The summed E-state index contributed by atoms with van der Waals surface area (Å²) in [6.07, 6.45) is 1.61. The van der Waals surface area contributed by atoms with Gasteiger partial charge in [0.2, 0.25) is 11.8 Å². The molecule has 1 saturated heterocycles. The largest absolute Gasteiger partial charge is 0.497 e. The predicted molar refractivity (Wildman–Crippen MR) is 150 cm³/mol. The van der Waals surface area contributed by atoms with Crippen molar-refractivity contribution in [1.29, 1.82) is 0 Å². The average Bonchev–Trinajstić information content (AvgIpc) is 3.28. The minimum atomic E-state index is -1.13. The molecule has 3 amide bonds. The molecule has 0 spiro atoms. The van der Waals surface area contributed by atoms with Crippen molar-refractivity contribution < 1.29 is 23.5 Å². The van der Waals surface area contributed by atoms with E-state index in [0.29, 0.717) is 17.0 Å². The summed E-state index contributed by atoms with van der Waals surface area (Å²) in [5.74, 6) is -2.93. The summed E-state index contributed by atoms with van der Waals surface area (Å²) >= 11 is 0. The second kappa shape index (κ2) is 9.23. The van der Waals surface area contributed by atoms with Crippen LogP contribution < -0.4 is 15.1 Å². The normalized spacial score (nSPS) is 23.8. The zero-order chi connectivity index (χ0) is 28.3. The highest BCUT2D eigenvalue weighted by molar-refractivity contribution is 6.25. The van der Waals surface area contributed by atoms with Crippen molar-refractivity contribution in [2.24, 2.45) is 16.9 Å². The molecule has 0 radical (unpaired) electrons. The lowest BCUT2D eigenvalue weighted by Crippen LogP contribution is -2.54. The molecule has 202 valence electrons. The van der Waals surface area contributed by atoms with Crippen molar-refractivity contribution in [2.75, 3.05) is 12.0 Å². The number of hydrogen-bond donors (Lipinski definition) is 1. The van der Waals surface area contributed by atoms with Gasteiger partial charge in [0.1, 0.15) is 11.6 Å². The molecular formula is C33H24FN3O4. The van der Waals surface area contributed by atoms with E-state index >= 15 is 0 Å². The van der Waals surface area contributed by atoms with Gasteiger partial charge in [-0.1, -0.05) is 54.6 Å². The van der Waals surface area contributed by atoms with Crippen LogP contribution in [0.3, 0.4) is 0 Å². The van der Waals surface area contributed by atoms with Crippen molar-refractivity contribution in [3.05, 3.63) is 131 Å². The van der Waals surface area contributed by atoms with Crippen molar-refractivity contribution in [3.8, 4) is 5.75 Å². The van der Waals surface area contributed by atoms with Crippen LogP contribution in [0.25, 0.3) is 0 Å². The molecule has 1 aliphatic heterocycles. The van der Waals surface area contributed by atoms with E-state index < -0.39 is 29.0 Å². The Balaban J connectivity index is 1.38. The summed E-state index contributed by atoms with van der Waals surface area (Å²) in [4.78, 5) is 42.6. The van der Waals surface area contributed by atoms with Crippen LogP contribution in [0, 0.1) is 17.7 Å². The van der Waals surface area contributed by atoms with Crippen LogP contribution in [0.2, 0.25) is 0 Å². The molecule has 0 aromatic heterocycles. The Morgan fingerprint density at radius 1 is 0.902 bits per heavy atom. The second-order valence-electron chi connectivity index (χ2n) is 10.4. The van der Waals surface area contributed by atoms with Gasteiger partial charge in [0.25, 0.3) is 5.91 Å². The number of imide groups is 1. The first kappa shape index (κ1) is 24.9. The molecule has 2 bridgehead atoms. The molecule has 4 aromatic rings. The number of hydrogen-bond acceptors (Lipinski definition) is 5. The van der Waals surface area contributed by atoms with E-state index in [9.17, 15) is 18.8 Å². The fourth-order valence-electron chi connectivity index (χ4n) is 6.92. The van der Waals surface area contributed by atoms with E-state index in [-0.39, 0.29) is 17.7 Å². The van der Waals surface area contributed by atoms with Crippen LogP contribution in [0.15, 0.2) is 102 Å². The standard InChI is InChI=1S/C33H24FN3O4/c1-41-22-8-6-7-19(17-22)30(38)36-35-18-33-25-11-4-2-9-23(25)27(24-10-3-5-12-26(24)33)28-29(33)32(40)37(31(28)39)21-15-13-20(34)14-16-21/h2-18,27-29H,1H3,(H,36,38)/b35-18-/t27?,28-,29-,33?/m1/s1. The number of carbonyl (C=O) groups is 3. The van der Waals surface area contributed by atoms with Gasteiger partial charge < -0.3 is 4.74 Å². The van der Waals surface area contributed by atoms with Crippen molar-refractivity contribution in [2.45, 2.75) is 11.3 Å². The van der Waals surface area contributed by atoms with Gasteiger partial charge in [-0.3, -0.25) is 14.4 Å². The summed E-state index contributed by atoms with van der Waals surface area (Å²) in [6.45, 7) is 0. The first-order valence-corrected chi connectivity index (χ1v) is 13.3. The Morgan fingerprint density at radius 2 is 1.56 bits per heavy atom. The Labute approximate surface area is 235 Å². The molecule has 0 saturated carbocycles. The fraction of sp³-hybridized carbons (Fsp3) is 0.152. The van der Waals surface area contributed by atoms with Crippen molar-refractivity contribution in [3.63, 3.8) is 0 Å². The van der Waals surface area contributed by atoms with Gasteiger partial charge in [-0.15, -0.1) is 0 Å². The van der Waals surface area contributed by atoms with Gasteiger partial charge in [-0.2, -0.15) is 5.10 Å². The van der Waals surface area contributed by atoms with Gasteiger partial charge in [0.15, 0.2) is 0 Å². The van der Waals surface area contributed by atoms with E-state index in [2.05, 4.69) is 10.5 Å². The third-order valence-electron chi connectivity index (χ3n) is 8.53. The molecule has 2 atom stereocenters. The van der Waals surface area contributed by atoms with Crippen LogP contribution in [-0.2, 0) is 15.0 Å². The van der Waals surface area contributed by atoms with Gasteiger partial charge in [-0.05, 0) is 64.7 Å². The average molecular weight is 546 g/mol. The molecular weight excluding hydrogens is 521 g/mol. The lowest BCUT2D eigenvalue weighted by molar-refractivity contribution is -0.122. The smallest absolute Gasteiger partial charge is 0.271 e. The number of ether oxygens (including phenoxy) is 1. The maximum absolute atomic E-state index is 14.3. The number of hydrazone groups is 1. The van der Waals surface area contributed by atoms with Crippen LogP contribution in [0.4, 0.5) is 10.1 Å². The number of nitrogens with one attached hydrogen (secondary N) is 1. The summed E-state index contributed by atoms with van der Waals surface area (Å²) in [5.41, 5.74) is 5.79.